The Morgan fingerprint density at radius 3 is 2.08 bits per heavy atom. The summed E-state index contributed by atoms with van der Waals surface area (Å²) in [5, 5.41) is 7.76. The molecule has 1 radical (unpaired) electrons. The van der Waals surface area contributed by atoms with Gasteiger partial charge in [0.05, 0.1) is 11.3 Å². The van der Waals surface area contributed by atoms with Crippen molar-refractivity contribution < 1.29 is 41.5 Å². The molecule has 1 heterocycles. The van der Waals surface area contributed by atoms with Crippen LogP contribution in [0.5, 0.6) is 0 Å². The van der Waals surface area contributed by atoms with Gasteiger partial charge >= 0.3 is 0 Å². The van der Waals surface area contributed by atoms with Gasteiger partial charge in [0.2, 0.25) is 0 Å². The van der Waals surface area contributed by atoms with E-state index in [-0.39, 0.29) is 49.0 Å². The molecule has 0 aliphatic heterocycles. The zero-order valence-electron chi connectivity index (χ0n) is 13.1. The van der Waals surface area contributed by atoms with Crippen LogP contribution in [0.3, 0.4) is 0 Å². The molecule has 0 aliphatic rings. The van der Waals surface area contributed by atoms with Gasteiger partial charge in [0, 0.05) is 38.3 Å². The Morgan fingerprint density at radius 1 is 0.917 bits per heavy atom. The van der Waals surface area contributed by atoms with Crippen molar-refractivity contribution in [3.63, 3.8) is 0 Å². The van der Waals surface area contributed by atoms with Gasteiger partial charge in [0.25, 0.3) is 0 Å². The largest absolute Gasteiger partial charge is 0.206 e. The molecule has 3 aromatic rings. The molecule has 0 spiro atoms. The molecule has 0 unspecified atom stereocenters. The fraction of sp³-hybridized carbons (Fsp3) is 0.111. The summed E-state index contributed by atoms with van der Waals surface area (Å²) in [4.78, 5) is 0. The molecular formula is C18H12ClF2N2Y-. The molecule has 0 fully saturated rings. The quantitative estimate of drug-likeness (QED) is 0.538. The van der Waals surface area contributed by atoms with Crippen molar-refractivity contribution in [1.29, 1.82) is 0 Å². The molecule has 1 aromatic heterocycles. The van der Waals surface area contributed by atoms with E-state index < -0.39 is 11.6 Å². The first-order valence-corrected chi connectivity index (χ1v) is 7.32. The van der Waals surface area contributed by atoms with E-state index in [0.717, 1.165) is 5.56 Å². The van der Waals surface area contributed by atoms with Gasteiger partial charge in [-0.15, -0.1) is 10.7 Å². The number of rotatable bonds is 2. The van der Waals surface area contributed by atoms with Crippen molar-refractivity contribution in [3.05, 3.63) is 70.5 Å². The number of nitrogens with zero attached hydrogens (tertiary/aromatic N) is 2. The van der Waals surface area contributed by atoms with E-state index in [9.17, 15) is 8.78 Å². The van der Waals surface area contributed by atoms with Crippen LogP contribution >= 0.6 is 11.6 Å². The van der Waals surface area contributed by atoms with Gasteiger partial charge in [0.1, 0.15) is 11.6 Å². The summed E-state index contributed by atoms with van der Waals surface area (Å²) in [5.41, 5.74) is 2.35. The molecular weight excluding hydrogens is 407 g/mol. The molecule has 0 bridgehead atoms. The van der Waals surface area contributed by atoms with E-state index in [1.54, 1.807) is 38.1 Å². The number of halogens is 3. The Bertz CT molecular complexity index is 863. The van der Waals surface area contributed by atoms with Crippen LogP contribution < -0.4 is 0 Å². The van der Waals surface area contributed by atoms with Crippen molar-refractivity contribution in [2.75, 3.05) is 0 Å². The fourth-order valence-corrected chi connectivity index (χ4v) is 2.80. The standard InChI is InChI=1S/C18H12ClF2N2.Y/c1-10-8-13(20)16(14(21)9-10)17-15(11(2)22-23-18(17)19)12-6-4-3-5-7-12;/h4-9H,1-2H3;/q-1;. The number of hydrogen-bond acceptors (Lipinski definition) is 2. The minimum absolute atomic E-state index is 0. The third-order valence-corrected chi connectivity index (χ3v) is 3.81. The van der Waals surface area contributed by atoms with Crippen molar-refractivity contribution >= 4 is 11.6 Å². The first-order valence-electron chi connectivity index (χ1n) is 6.94. The molecule has 0 saturated heterocycles. The Morgan fingerprint density at radius 2 is 1.50 bits per heavy atom. The molecule has 0 N–H and O–H groups in total. The Balaban J connectivity index is 0.00000208. The third-order valence-electron chi connectivity index (χ3n) is 3.55. The normalized spacial score (nSPS) is 10.4. The van der Waals surface area contributed by atoms with Crippen molar-refractivity contribution in [3.8, 4) is 22.3 Å². The van der Waals surface area contributed by atoms with Gasteiger partial charge in [0.15, 0.2) is 5.15 Å². The zero-order chi connectivity index (χ0) is 16.6. The summed E-state index contributed by atoms with van der Waals surface area (Å²) in [7, 11) is 0. The molecule has 0 amide bonds. The summed E-state index contributed by atoms with van der Waals surface area (Å²) in [5.74, 6) is -1.36. The maximum atomic E-state index is 14.5. The van der Waals surface area contributed by atoms with Crippen LogP contribution in [0.4, 0.5) is 8.78 Å². The Kier molecular flexibility index (Phi) is 6.19. The van der Waals surface area contributed by atoms with Crippen LogP contribution in [0.15, 0.2) is 36.4 Å². The van der Waals surface area contributed by atoms with Crippen LogP contribution in [0.2, 0.25) is 5.15 Å². The zero-order valence-corrected chi connectivity index (χ0v) is 16.7. The molecule has 6 heteroatoms. The van der Waals surface area contributed by atoms with Gasteiger partial charge in [-0.3, -0.25) is 0 Å². The fourth-order valence-electron chi connectivity index (χ4n) is 2.58. The van der Waals surface area contributed by atoms with E-state index in [0.29, 0.717) is 16.8 Å². The second kappa shape index (κ2) is 7.77. The van der Waals surface area contributed by atoms with E-state index in [1.807, 2.05) is 0 Å². The van der Waals surface area contributed by atoms with Crippen LogP contribution in [-0.2, 0) is 32.7 Å². The van der Waals surface area contributed by atoms with Crippen LogP contribution in [0.1, 0.15) is 11.3 Å². The third kappa shape index (κ3) is 3.56. The van der Waals surface area contributed by atoms with Crippen LogP contribution in [-0.4, -0.2) is 10.2 Å². The maximum absolute atomic E-state index is 14.5. The summed E-state index contributed by atoms with van der Waals surface area (Å²) in [6.07, 6.45) is 0. The summed E-state index contributed by atoms with van der Waals surface area (Å²) in [6.45, 7) is 3.35. The minimum Gasteiger partial charge on any atom is -0.206 e. The summed E-state index contributed by atoms with van der Waals surface area (Å²) < 4.78 is 28.9. The predicted molar refractivity (Wildman–Crippen MR) is 86.1 cm³/mol. The molecule has 0 atom stereocenters. The van der Waals surface area contributed by atoms with Crippen LogP contribution in [0, 0.1) is 31.5 Å². The van der Waals surface area contributed by atoms with E-state index in [1.165, 1.54) is 12.1 Å². The van der Waals surface area contributed by atoms with Gasteiger partial charge in [-0.1, -0.05) is 11.6 Å². The van der Waals surface area contributed by atoms with Gasteiger partial charge < -0.3 is 0 Å². The minimum atomic E-state index is -0.680. The molecule has 119 valence electrons. The average Bonchev–Trinajstić information content (AvgIpc) is 2.50. The second-order valence-corrected chi connectivity index (χ2v) is 5.58. The van der Waals surface area contributed by atoms with Gasteiger partial charge in [-0.25, -0.2) is 8.78 Å². The van der Waals surface area contributed by atoms with E-state index in [2.05, 4.69) is 16.3 Å². The van der Waals surface area contributed by atoms with E-state index >= 15 is 0 Å². The SMILES string of the molecule is Cc1cc(F)c(-c2c(Cl)nnc(C)c2-c2cc[c-]cc2)c(F)c1.[Y]. The smallest absolute Gasteiger partial charge is 0.160 e. The Hall–Kier alpha value is -1.23. The predicted octanol–water partition coefficient (Wildman–Crippen LogP) is 5.16. The maximum Gasteiger partial charge on any atom is 0.160 e. The first-order chi connectivity index (χ1) is 11.0. The topological polar surface area (TPSA) is 25.8 Å². The molecule has 2 nitrogen and oxygen atoms in total. The monoisotopic (exact) mass is 418 g/mol. The first kappa shape index (κ1) is 19.1. The summed E-state index contributed by atoms with van der Waals surface area (Å²) in [6, 6.07) is 12.5. The second-order valence-electron chi connectivity index (χ2n) is 5.22. The van der Waals surface area contributed by atoms with Crippen molar-refractivity contribution in [1.82, 2.24) is 10.2 Å². The summed E-state index contributed by atoms with van der Waals surface area (Å²) >= 11 is 6.15. The number of hydrogen-bond donors (Lipinski definition) is 0. The number of benzene rings is 2. The molecule has 2 aromatic carbocycles. The van der Waals surface area contributed by atoms with E-state index in [4.69, 9.17) is 11.6 Å². The molecule has 24 heavy (non-hydrogen) atoms. The van der Waals surface area contributed by atoms with Gasteiger partial charge in [-0.05, 0) is 37.1 Å². The molecule has 3 rings (SSSR count). The molecule has 0 aliphatic carbocycles. The number of aryl methyl sites for hydroxylation is 2. The number of aromatic nitrogens is 2. The Labute approximate surface area is 169 Å². The van der Waals surface area contributed by atoms with Gasteiger partial charge in [-0.2, -0.15) is 35.4 Å². The molecule has 0 saturated carbocycles. The van der Waals surface area contributed by atoms with Crippen LogP contribution in [0.25, 0.3) is 22.3 Å². The average molecular weight is 419 g/mol. The van der Waals surface area contributed by atoms with Crippen molar-refractivity contribution in [2.24, 2.45) is 0 Å². The van der Waals surface area contributed by atoms with Crippen molar-refractivity contribution in [2.45, 2.75) is 13.8 Å².